The lowest BCUT2D eigenvalue weighted by molar-refractivity contribution is -0.153. The van der Waals surface area contributed by atoms with Gasteiger partial charge in [-0.05, 0) is 49.3 Å². The molecule has 0 radical (unpaired) electrons. The molecule has 2 fully saturated rings. The minimum absolute atomic E-state index is 0.0148. The van der Waals surface area contributed by atoms with Crippen LogP contribution in [0.3, 0.4) is 0 Å². The number of aryl methyl sites for hydroxylation is 1. The second kappa shape index (κ2) is 11.0. The van der Waals surface area contributed by atoms with Gasteiger partial charge in [-0.25, -0.2) is 0 Å². The van der Waals surface area contributed by atoms with Crippen LogP contribution in [0.2, 0.25) is 0 Å². The molecule has 0 saturated carbocycles. The Kier molecular flexibility index (Phi) is 8.43. The Labute approximate surface area is 181 Å². The molecule has 2 aliphatic rings. The molecule has 0 aliphatic carbocycles. The van der Waals surface area contributed by atoms with Crippen LogP contribution < -0.4 is 14.8 Å². The van der Waals surface area contributed by atoms with Gasteiger partial charge in [0.05, 0.1) is 13.7 Å². The molecule has 6 nitrogen and oxygen atoms in total. The van der Waals surface area contributed by atoms with E-state index in [2.05, 4.69) is 10.2 Å². The summed E-state index contributed by atoms with van der Waals surface area (Å²) >= 11 is 0. The number of methoxy groups -OCH3 is 1. The number of nitrogens with zero attached hydrogens (tertiary/aromatic N) is 1. The van der Waals surface area contributed by atoms with Crippen LogP contribution in [0.1, 0.15) is 31.2 Å². The first-order valence-corrected chi connectivity index (χ1v) is 10.8. The SMILES string of the molecule is COc1cc(CCC(=O)NC2CCN(CC3CCOC3)CC2)ccc1OCC(F)(F)F. The van der Waals surface area contributed by atoms with Crippen molar-refractivity contribution in [1.29, 1.82) is 0 Å². The van der Waals surface area contributed by atoms with Crippen molar-refractivity contribution in [3.8, 4) is 11.5 Å². The van der Waals surface area contributed by atoms with Gasteiger partial charge in [-0.2, -0.15) is 13.2 Å². The molecular formula is C22H31F3N2O4. The standard InChI is InChI=1S/C22H31F3N2O4/c1-29-20-12-16(2-4-19(20)31-15-22(23,24)25)3-5-21(28)26-18-6-9-27(10-7-18)13-17-8-11-30-14-17/h2,4,12,17-18H,3,5-11,13-15H2,1H3,(H,26,28). The number of rotatable bonds is 9. The van der Waals surface area contributed by atoms with Crippen molar-refractivity contribution in [3.63, 3.8) is 0 Å². The van der Waals surface area contributed by atoms with Gasteiger partial charge in [0, 0.05) is 38.7 Å². The van der Waals surface area contributed by atoms with E-state index in [1.807, 2.05) is 0 Å². The normalized spacial score (nSPS) is 20.6. The van der Waals surface area contributed by atoms with Crippen LogP contribution >= 0.6 is 0 Å². The van der Waals surface area contributed by atoms with Crippen LogP contribution in [0.4, 0.5) is 13.2 Å². The van der Waals surface area contributed by atoms with Gasteiger partial charge in [0.2, 0.25) is 5.91 Å². The van der Waals surface area contributed by atoms with Crippen LogP contribution in [0.5, 0.6) is 11.5 Å². The molecule has 31 heavy (non-hydrogen) atoms. The summed E-state index contributed by atoms with van der Waals surface area (Å²) < 4.78 is 52.4. The van der Waals surface area contributed by atoms with Gasteiger partial charge in [0.25, 0.3) is 0 Å². The zero-order valence-corrected chi connectivity index (χ0v) is 17.9. The second-order valence-corrected chi connectivity index (χ2v) is 8.26. The molecule has 2 saturated heterocycles. The topological polar surface area (TPSA) is 60.0 Å². The van der Waals surface area contributed by atoms with E-state index in [1.165, 1.54) is 13.2 Å². The number of benzene rings is 1. The number of carbonyl (C=O) groups excluding carboxylic acids is 1. The van der Waals surface area contributed by atoms with Crippen molar-refractivity contribution >= 4 is 5.91 Å². The summed E-state index contributed by atoms with van der Waals surface area (Å²) in [5, 5.41) is 3.11. The van der Waals surface area contributed by atoms with Gasteiger partial charge in [0.15, 0.2) is 18.1 Å². The van der Waals surface area contributed by atoms with Crippen LogP contribution in [0, 0.1) is 5.92 Å². The van der Waals surface area contributed by atoms with E-state index in [0.717, 1.165) is 57.7 Å². The van der Waals surface area contributed by atoms with Gasteiger partial charge in [-0.1, -0.05) is 6.07 Å². The van der Waals surface area contributed by atoms with Gasteiger partial charge in [-0.3, -0.25) is 4.79 Å². The Balaban J connectivity index is 1.39. The minimum atomic E-state index is -4.41. The molecule has 2 aliphatic heterocycles. The number of halogens is 3. The molecule has 1 aromatic carbocycles. The zero-order chi connectivity index (χ0) is 22.3. The lowest BCUT2D eigenvalue weighted by Crippen LogP contribution is -2.45. The summed E-state index contributed by atoms with van der Waals surface area (Å²) in [5.41, 5.74) is 0.806. The Hall–Kier alpha value is -2.00. The molecule has 1 atom stereocenters. The summed E-state index contributed by atoms with van der Waals surface area (Å²) in [7, 11) is 1.37. The first-order valence-electron chi connectivity index (χ1n) is 10.8. The summed E-state index contributed by atoms with van der Waals surface area (Å²) in [6.45, 7) is 3.39. The highest BCUT2D eigenvalue weighted by atomic mass is 19.4. The monoisotopic (exact) mass is 444 g/mol. The maximum atomic E-state index is 12.4. The van der Waals surface area contributed by atoms with Crippen LogP contribution in [-0.4, -0.2) is 69.6 Å². The molecule has 9 heteroatoms. The fourth-order valence-electron chi connectivity index (χ4n) is 4.06. The quantitative estimate of drug-likeness (QED) is 0.634. The molecule has 3 rings (SSSR count). The molecule has 2 heterocycles. The van der Waals surface area contributed by atoms with Crippen LogP contribution in [0.15, 0.2) is 18.2 Å². The number of carbonyl (C=O) groups is 1. The molecule has 0 spiro atoms. The van der Waals surface area contributed by atoms with Crippen molar-refractivity contribution in [1.82, 2.24) is 10.2 Å². The highest BCUT2D eigenvalue weighted by molar-refractivity contribution is 5.76. The number of piperidine rings is 1. The van der Waals surface area contributed by atoms with Gasteiger partial charge < -0.3 is 24.4 Å². The highest BCUT2D eigenvalue weighted by Crippen LogP contribution is 2.30. The van der Waals surface area contributed by atoms with Gasteiger partial charge in [-0.15, -0.1) is 0 Å². The van der Waals surface area contributed by atoms with Crippen molar-refractivity contribution in [3.05, 3.63) is 23.8 Å². The molecule has 1 amide bonds. The molecular weight excluding hydrogens is 413 g/mol. The predicted octanol–water partition coefficient (Wildman–Crippen LogP) is 3.19. The summed E-state index contributed by atoms with van der Waals surface area (Å²) in [4.78, 5) is 14.8. The van der Waals surface area contributed by atoms with E-state index in [9.17, 15) is 18.0 Å². The number of ether oxygens (including phenoxy) is 3. The summed E-state index contributed by atoms with van der Waals surface area (Å²) in [5.74, 6) is 0.874. The van der Waals surface area contributed by atoms with Gasteiger partial charge >= 0.3 is 6.18 Å². The van der Waals surface area contributed by atoms with E-state index in [1.54, 1.807) is 12.1 Å². The number of likely N-dealkylation sites (tertiary alicyclic amines) is 1. The maximum Gasteiger partial charge on any atom is 0.422 e. The fourth-order valence-corrected chi connectivity index (χ4v) is 4.06. The van der Waals surface area contributed by atoms with E-state index >= 15 is 0 Å². The van der Waals surface area contributed by atoms with Crippen molar-refractivity contribution in [2.75, 3.05) is 46.6 Å². The Morgan fingerprint density at radius 3 is 2.65 bits per heavy atom. The van der Waals surface area contributed by atoms with Crippen molar-refractivity contribution < 1.29 is 32.2 Å². The van der Waals surface area contributed by atoms with E-state index < -0.39 is 12.8 Å². The predicted molar refractivity (Wildman–Crippen MR) is 109 cm³/mol. The number of hydrogen-bond donors (Lipinski definition) is 1. The minimum Gasteiger partial charge on any atom is -0.493 e. The molecule has 1 unspecified atom stereocenters. The lowest BCUT2D eigenvalue weighted by Gasteiger charge is -2.33. The third-order valence-corrected chi connectivity index (χ3v) is 5.75. The Bertz CT molecular complexity index is 715. The number of nitrogens with one attached hydrogen (secondary N) is 1. The Morgan fingerprint density at radius 1 is 1.23 bits per heavy atom. The average molecular weight is 444 g/mol. The third kappa shape index (κ3) is 7.88. The van der Waals surface area contributed by atoms with Crippen molar-refractivity contribution in [2.45, 2.75) is 44.3 Å². The third-order valence-electron chi connectivity index (χ3n) is 5.75. The van der Waals surface area contributed by atoms with Crippen LogP contribution in [0.25, 0.3) is 0 Å². The summed E-state index contributed by atoms with van der Waals surface area (Å²) in [6.07, 6.45) is -0.607. The fraction of sp³-hybridized carbons (Fsp3) is 0.682. The average Bonchev–Trinajstić information content (AvgIpc) is 3.25. The molecule has 1 aromatic rings. The zero-order valence-electron chi connectivity index (χ0n) is 17.9. The first-order chi connectivity index (χ1) is 14.8. The molecule has 1 N–H and O–H groups in total. The largest absolute Gasteiger partial charge is 0.493 e. The maximum absolute atomic E-state index is 12.4. The molecule has 174 valence electrons. The molecule has 0 bridgehead atoms. The molecule has 0 aromatic heterocycles. The van der Waals surface area contributed by atoms with Crippen molar-refractivity contribution in [2.24, 2.45) is 5.92 Å². The van der Waals surface area contributed by atoms with Crippen LogP contribution in [-0.2, 0) is 16.0 Å². The number of alkyl halides is 3. The first kappa shape index (κ1) is 23.7. The lowest BCUT2D eigenvalue weighted by atomic mass is 10.0. The van der Waals surface area contributed by atoms with E-state index in [-0.39, 0.29) is 23.4 Å². The van der Waals surface area contributed by atoms with Gasteiger partial charge in [0.1, 0.15) is 0 Å². The summed E-state index contributed by atoms with van der Waals surface area (Å²) in [6, 6.07) is 4.91. The number of hydrogen-bond acceptors (Lipinski definition) is 5. The smallest absolute Gasteiger partial charge is 0.422 e. The number of amides is 1. The Morgan fingerprint density at radius 2 is 2.00 bits per heavy atom. The van der Waals surface area contributed by atoms with E-state index in [4.69, 9.17) is 14.2 Å². The van der Waals surface area contributed by atoms with E-state index in [0.29, 0.717) is 18.8 Å². The second-order valence-electron chi connectivity index (χ2n) is 8.26. The highest BCUT2D eigenvalue weighted by Gasteiger charge is 2.29.